The van der Waals surface area contributed by atoms with Gasteiger partial charge in [0, 0.05) is 25.2 Å². The molecular formula is C16H34N2. The van der Waals surface area contributed by atoms with Crippen molar-refractivity contribution in [2.45, 2.75) is 72.9 Å². The van der Waals surface area contributed by atoms with Crippen LogP contribution in [0, 0.1) is 11.3 Å². The van der Waals surface area contributed by atoms with Crippen molar-refractivity contribution in [2.24, 2.45) is 11.3 Å². The zero-order valence-corrected chi connectivity index (χ0v) is 13.4. The largest absolute Gasteiger partial charge is 0.313 e. The van der Waals surface area contributed by atoms with Gasteiger partial charge in [-0.3, -0.25) is 4.90 Å². The molecule has 0 spiro atoms. The number of nitrogens with one attached hydrogen (secondary N) is 1. The van der Waals surface area contributed by atoms with Gasteiger partial charge >= 0.3 is 0 Å². The molecule has 1 fully saturated rings. The van der Waals surface area contributed by atoms with E-state index in [2.05, 4.69) is 51.8 Å². The first kappa shape index (κ1) is 16.0. The van der Waals surface area contributed by atoms with Gasteiger partial charge in [0.15, 0.2) is 0 Å². The maximum absolute atomic E-state index is 3.67. The molecule has 3 atom stereocenters. The van der Waals surface area contributed by atoms with E-state index in [4.69, 9.17) is 0 Å². The van der Waals surface area contributed by atoms with Crippen LogP contribution < -0.4 is 5.32 Å². The summed E-state index contributed by atoms with van der Waals surface area (Å²) in [6, 6.07) is 1.34. The van der Waals surface area contributed by atoms with Crippen LogP contribution >= 0.6 is 0 Å². The molecule has 0 amide bonds. The Balaban J connectivity index is 2.29. The Bertz CT molecular complexity index is 232. The van der Waals surface area contributed by atoms with Crippen LogP contribution in [0.2, 0.25) is 0 Å². The van der Waals surface area contributed by atoms with Crippen molar-refractivity contribution in [1.29, 1.82) is 0 Å². The highest BCUT2D eigenvalue weighted by Gasteiger charge is 2.33. The molecule has 0 aliphatic carbocycles. The molecule has 0 bridgehead atoms. The first-order chi connectivity index (χ1) is 8.34. The predicted molar refractivity (Wildman–Crippen MR) is 81.0 cm³/mol. The van der Waals surface area contributed by atoms with Crippen molar-refractivity contribution >= 4 is 0 Å². The summed E-state index contributed by atoms with van der Waals surface area (Å²) in [5.41, 5.74) is 0.470. The number of hydrogen-bond acceptors (Lipinski definition) is 2. The minimum Gasteiger partial charge on any atom is -0.313 e. The quantitative estimate of drug-likeness (QED) is 0.780. The Kier molecular flexibility index (Phi) is 6.13. The molecule has 1 N–H and O–H groups in total. The summed E-state index contributed by atoms with van der Waals surface area (Å²) in [7, 11) is 0. The molecule has 3 unspecified atom stereocenters. The van der Waals surface area contributed by atoms with E-state index in [9.17, 15) is 0 Å². The van der Waals surface area contributed by atoms with Gasteiger partial charge < -0.3 is 5.32 Å². The van der Waals surface area contributed by atoms with Gasteiger partial charge in [-0.15, -0.1) is 0 Å². The molecule has 1 aliphatic rings. The van der Waals surface area contributed by atoms with E-state index in [1.165, 1.54) is 32.4 Å². The molecule has 108 valence electrons. The first-order valence-electron chi connectivity index (χ1n) is 7.82. The van der Waals surface area contributed by atoms with Crippen LogP contribution in [0.3, 0.4) is 0 Å². The Morgan fingerprint density at radius 2 is 1.94 bits per heavy atom. The molecule has 0 aromatic heterocycles. The Hall–Kier alpha value is -0.0800. The SMILES string of the molecule is CCCC(C)NCC(C)N1CCC(C(C)(C)C)C1. The van der Waals surface area contributed by atoms with Crippen LogP contribution in [0.4, 0.5) is 0 Å². The summed E-state index contributed by atoms with van der Waals surface area (Å²) in [5, 5.41) is 3.67. The summed E-state index contributed by atoms with van der Waals surface area (Å²) in [5.74, 6) is 0.869. The van der Waals surface area contributed by atoms with E-state index >= 15 is 0 Å². The van der Waals surface area contributed by atoms with Crippen molar-refractivity contribution in [1.82, 2.24) is 10.2 Å². The lowest BCUT2D eigenvalue weighted by atomic mass is 9.80. The summed E-state index contributed by atoms with van der Waals surface area (Å²) >= 11 is 0. The zero-order chi connectivity index (χ0) is 13.8. The smallest absolute Gasteiger partial charge is 0.0192 e. The van der Waals surface area contributed by atoms with Crippen LogP contribution in [0.15, 0.2) is 0 Å². The van der Waals surface area contributed by atoms with Crippen molar-refractivity contribution in [3.05, 3.63) is 0 Å². The van der Waals surface area contributed by atoms with Crippen LogP contribution in [-0.4, -0.2) is 36.6 Å². The van der Waals surface area contributed by atoms with Crippen LogP contribution in [0.1, 0.15) is 60.8 Å². The van der Waals surface area contributed by atoms with Crippen molar-refractivity contribution in [2.75, 3.05) is 19.6 Å². The molecule has 18 heavy (non-hydrogen) atoms. The monoisotopic (exact) mass is 254 g/mol. The fourth-order valence-corrected chi connectivity index (χ4v) is 2.93. The minimum absolute atomic E-state index is 0.470. The molecular weight excluding hydrogens is 220 g/mol. The number of hydrogen-bond donors (Lipinski definition) is 1. The summed E-state index contributed by atoms with van der Waals surface area (Å²) in [4.78, 5) is 2.67. The van der Waals surface area contributed by atoms with Gasteiger partial charge in [0.05, 0.1) is 0 Å². The predicted octanol–water partition coefficient (Wildman–Crippen LogP) is 3.52. The van der Waals surface area contributed by atoms with Crippen molar-refractivity contribution in [3.8, 4) is 0 Å². The third-order valence-corrected chi connectivity index (χ3v) is 4.55. The maximum atomic E-state index is 3.67. The fourth-order valence-electron chi connectivity index (χ4n) is 2.93. The highest BCUT2D eigenvalue weighted by atomic mass is 15.2. The Labute approximate surface area is 115 Å². The van der Waals surface area contributed by atoms with Gasteiger partial charge in [-0.1, -0.05) is 34.1 Å². The number of nitrogens with zero attached hydrogens (tertiary/aromatic N) is 1. The van der Waals surface area contributed by atoms with E-state index in [0.29, 0.717) is 17.5 Å². The number of rotatable bonds is 6. The van der Waals surface area contributed by atoms with Gasteiger partial charge in [0.1, 0.15) is 0 Å². The highest BCUT2D eigenvalue weighted by molar-refractivity contribution is 4.86. The van der Waals surface area contributed by atoms with E-state index in [1.807, 2.05) is 0 Å². The van der Waals surface area contributed by atoms with E-state index < -0.39 is 0 Å². The Morgan fingerprint density at radius 3 is 2.44 bits per heavy atom. The lowest BCUT2D eigenvalue weighted by Crippen LogP contribution is -2.42. The van der Waals surface area contributed by atoms with E-state index in [1.54, 1.807) is 0 Å². The van der Waals surface area contributed by atoms with Gasteiger partial charge in [-0.2, -0.15) is 0 Å². The third-order valence-electron chi connectivity index (χ3n) is 4.55. The molecule has 1 rings (SSSR count). The molecule has 0 radical (unpaired) electrons. The fraction of sp³-hybridized carbons (Fsp3) is 1.00. The first-order valence-corrected chi connectivity index (χ1v) is 7.82. The topological polar surface area (TPSA) is 15.3 Å². The zero-order valence-electron chi connectivity index (χ0n) is 13.4. The second-order valence-electron chi connectivity index (χ2n) is 7.29. The van der Waals surface area contributed by atoms with Crippen LogP contribution in [0.25, 0.3) is 0 Å². The maximum Gasteiger partial charge on any atom is 0.0192 e. The third kappa shape index (κ3) is 4.89. The van der Waals surface area contributed by atoms with Gasteiger partial charge in [-0.05, 0) is 44.6 Å². The summed E-state index contributed by atoms with van der Waals surface area (Å²) in [6.07, 6.45) is 3.94. The molecule has 0 saturated carbocycles. The Morgan fingerprint density at radius 1 is 1.28 bits per heavy atom. The van der Waals surface area contributed by atoms with Crippen molar-refractivity contribution < 1.29 is 0 Å². The average Bonchev–Trinajstić information content (AvgIpc) is 2.75. The molecule has 2 heteroatoms. The molecule has 1 aliphatic heterocycles. The van der Waals surface area contributed by atoms with Gasteiger partial charge in [-0.25, -0.2) is 0 Å². The van der Waals surface area contributed by atoms with Gasteiger partial charge in [0.2, 0.25) is 0 Å². The lowest BCUT2D eigenvalue weighted by molar-refractivity contribution is 0.197. The van der Waals surface area contributed by atoms with Crippen molar-refractivity contribution in [3.63, 3.8) is 0 Å². The molecule has 0 aromatic carbocycles. The summed E-state index contributed by atoms with van der Waals surface area (Å²) < 4.78 is 0. The molecule has 1 heterocycles. The average molecular weight is 254 g/mol. The normalized spacial score (nSPS) is 25.3. The highest BCUT2D eigenvalue weighted by Crippen LogP contribution is 2.34. The van der Waals surface area contributed by atoms with E-state index in [0.717, 1.165) is 12.5 Å². The lowest BCUT2D eigenvalue weighted by Gasteiger charge is -2.30. The minimum atomic E-state index is 0.470. The van der Waals surface area contributed by atoms with Crippen LogP contribution in [0.5, 0.6) is 0 Å². The van der Waals surface area contributed by atoms with Gasteiger partial charge in [0.25, 0.3) is 0 Å². The molecule has 2 nitrogen and oxygen atoms in total. The van der Waals surface area contributed by atoms with Crippen LogP contribution in [-0.2, 0) is 0 Å². The molecule has 1 saturated heterocycles. The summed E-state index contributed by atoms with van der Waals surface area (Å²) in [6.45, 7) is 17.8. The number of likely N-dealkylation sites (tertiary alicyclic amines) is 1. The second-order valence-corrected chi connectivity index (χ2v) is 7.29. The van der Waals surface area contributed by atoms with E-state index in [-0.39, 0.29) is 0 Å². The molecule has 0 aromatic rings. The second kappa shape index (κ2) is 6.91. The standard InChI is InChI=1S/C16H34N2/c1-7-8-13(2)17-11-14(3)18-10-9-15(12-18)16(4,5)6/h13-15,17H,7-12H2,1-6H3.